The van der Waals surface area contributed by atoms with Crippen LogP contribution >= 0.6 is 0 Å². The van der Waals surface area contributed by atoms with Gasteiger partial charge in [0, 0.05) is 13.1 Å². The molecule has 0 spiro atoms. The number of anilines is 1. The minimum absolute atomic E-state index is 0.0981. The lowest BCUT2D eigenvalue weighted by molar-refractivity contribution is -0.149. The first-order valence-electron chi connectivity index (χ1n) is 11.1. The molecule has 4 rings (SSSR count). The van der Waals surface area contributed by atoms with Gasteiger partial charge in [-0.3, -0.25) is 19.7 Å². The molecule has 0 bridgehead atoms. The van der Waals surface area contributed by atoms with Crippen LogP contribution in [0.3, 0.4) is 0 Å². The summed E-state index contributed by atoms with van der Waals surface area (Å²) in [7, 11) is 0. The summed E-state index contributed by atoms with van der Waals surface area (Å²) in [5.41, 5.74) is 7.98. The number of aromatic nitrogens is 1. The zero-order chi connectivity index (χ0) is 24.1. The molecule has 3 aromatic rings. The number of hydrogen-bond donors (Lipinski definition) is 3. The molecule has 1 fully saturated rings. The Labute approximate surface area is 196 Å². The number of benzene rings is 2. The largest absolute Gasteiger partial charge is 0.460 e. The van der Waals surface area contributed by atoms with E-state index < -0.39 is 18.1 Å². The molecule has 34 heavy (non-hydrogen) atoms. The van der Waals surface area contributed by atoms with E-state index >= 15 is 0 Å². The van der Waals surface area contributed by atoms with Crippen molar-refractivity contribution >= 4 is 34.6 Å². The molecule has 2 amide bonds. The summed E-state index contributed by atoms with van der Waals surface area (Å²) in [5, 5.41) is 10.2. The Morgan fingerprint density at radius 2 is 2.00 bits per heavy atom. The summed E-state index contributed by atoms with van der Waals surface area (Å²) in [5.74, 6) is -0.597. The number of fused-ring (bicyclic) bond motifs is 1. The number of hydrogen-bond acceptors (Lipinski definition) is 8. The highest BCUT2D eigenvalue weighted by molar-refractivity contribution is 5.91. The molecule has 4 N–H and O–H groups in total. The third kappa shape index (κ3) is 5.34. The molecule has 2 heterocycles. The van der Waals surface area contributed by atoms with E-state index in [9.17, 15) is 14.4 Å². The molecule has 178 valence electrons. The second-order valence-electron chi connectivity index (χ2n) is 8.20. The maximum Gasteiger partial charge on any atom is 0.320 e. The molecule has 2 atom stereocenters. The van der Waals surface area contributed by atoms with Crippen LogP contribution in [0.5, 0.6) is 0 Å². The first kappa shape index (κ1) is 23.2. The van der Waals surface area contributed by atoms with Gasteiger partial charge in [0.2, 0.25) is 11.8 Å². The van der Waals surface area contributed by atoms with Gasteiger partial charge in [-0.2, -0.15) is 0 Å². The number of esters is 1. The van der Waals surface area contributed by atoms with Crippen molar-refractivity contribution in [3.63, 3.8) is 0 Å². The quantitative estimate of drug-likeness (QED) is 0.402. The molecule has 1 aliphatic rings. The number of likely N-dealkylation sites (tertiary alicyclic amines) is 1. The van der Waals surface area contributed by atoms with E-state index in [-0.39, 0.29) is 31.5 Å². The first-order valence-corrected chi connectivity index (χ1v) is 11.1. The fraction of sp³-hybridized carbons (Fsp3) is 0.333. The number of nitrogens with one attached hydrogen (secondary N) is 2. The Kier molecular flexibility index (Phi) is 7.07. The number of nitrogens with two attached hydrogens (primary N) is 1. The van der Waals surface area contributed by atoms with E-state index in [0.717, 1.165) is 16.5 Å². The number of nitrogens with zero attached hydrogens (tertiary/aromatic N) is 2. The summed E-state index contributed by atoms with van der Waals surface area (Å²) in [6.07, 6.45) is 0.584. The fourth-order valence-electron chi connectivity index (χ4n) is 3.70. The van der Waals surface area contributed by atoms with Crippen LogP contribution in [0.1, 0.15) is 24.5 Å². The summed E-state index contributed by atoms with van der Waals surface area (Å²) in [6.45, 7) is 2.52. The van der Waals surface area contributed by atoms with Gasteiger partial charge in [0.1, 0.15) is 12.6 Å². The highest BCUT2D eigenvalue weighted by Crippen LogP contribution is 2.22. The second kappa shape index (κ2) is 10.3. The van der Waals surface area contributed by atoms with Gasteiger partial charge in [-0.25, -0.2) is 0 Å². The number of amides is 2. The molecule has 1 aromatic heterocycles. The maximum atomic E-state index is 12.8. The van der Waals surface area contributed by atoms with Crippen molar-refractivity contribution in [2.45, 2.75) is 38.6 Å². The summed E-state index contributed by atoms with van der Waals surface area (Å²) in [6, 6.07) is 13.6. The molecule has 1 saturated heterocycles. The summed E-state index contributed by atoms with van der Waals surface area (Å²) in [4.78, 5) is 38.9. The molecule has 0 radical (unpaired) electrons. The van der Waals surface area contributed by atoms with Gasteiger partial charge in [-0.1, -0.05) is 41.6 Å². The summed E-state index contributed by atoms with van der Waals surface area (Å²) >= 11 is 0. The zero-order valence-electron chi connectivity index (χ0n) is 18.8. The van der Waals surface area contributed by atoms with E-state index in [1.165, 1.54) is 4.90 Å². The predicted molar refractivity (Wildman–Crippen MR) is 124 cm³/mol. The highest BCUT2D eigenvalue weighted by atomic mass is 16.5. The molecule has 10 heteroatoms. The van der Waals surface area contributed by atoms with Crippen molar-refractivity contribution in [1.82, 2.24) is 20.7 Å². The molecule has 10 nitrogen and oxygen atoms in total. The standard InChI is InChI=1S/C24H27N5O5/c1-15(26-13-21(30)33-14-16-5-3-2-4-6-16)24(32)29-10-9-19(29)23(31)27-12-17-7-8-18-20(11-17)34-28-22(18)25/h2-8,11,15,19,26H,9-10,12-14H2,1H3,(H2,25,28)(H,27,31)/t15-,19+/m1/s1. The fourth-order valence-corrected chi connectivity index (χ4v) is 3.70. The minimum Gasteiger partial charge on any atom is -0.460 e. The lowest BCUT2D eigenvalue weighted by atomic mass is 10.0. The monoisotopic (exact) mass is 465 g/mol. The molecule has 0 unspecified atom stereocenters. The van der Waals surface area contributed by atoms with E-state index in [1.807, 2.05) is 36.4 Å². The van der Waals surface area contributed by atoms with Gasteiger partial charge in [0.05, 0.1) is 18.0 Å². The molecule has 0 saturated carbocycles. The average Bonchev–Trinajstić information content (AvgIpc) is 3.19. The Morgan fingerprint density at radius 1 is 1.21 bits per heavy atom. The first-order chi connectivity index (χ1) is 16.4. The second-order valence-corrected chi connectivity index (χ2v) is 8.20. The SMILES string of the molecule is C[C@@H](NCC(=O)OCc1ccccc1)C(=O)N1CC[C@H]1C(=O)NCc1ccc2c(N)noc2c1. The molecular weight excluding hydrogens is 438 g/mol. The van der Waals surface area contributed by atoms with Crippen LogP contribution in [-0.4, -0.2) is 53.0 Å². The smallest absolute Gasteiger partial charge is 0.320 e. The van der Waals surface area contributed by atoms with Crippen LogP contribution in [-0.2, 0) is 32.3 Å². The van der Waals surface area contributed by atoms with Crippen molar-refractivity contribution in [1.29, 1.82) is 0 Å². The van der Waals surface area contributed by atoms with Crippen molar-refractivity contribution in [3.05, 3.63) is 59.7 Å². The van der Waals surface area contributed by atoms with Gasteiger partial charge in [-0.15, -0.1) is 0 Å². The topological polar surface area (TPSA) is 140 Å². The lowest BCUT2D eigenvalue weighted by Gasteiger charge is -2.41. The van der Waals surface area contributed by atoms with E-state index in [0.29, 0.717) is 24.4 Å². The van der Waals surface area contributed by atoms with E-state index in [4.69, 9.17) is 15.0 Å². The van der Waals surface area contributed by atoms with Crippen LogP contribution < -0.4 is 16.4 Å². The zero-order valence-corrected chi connectivity index (χ0v) is 18.8. The van der Waals surface area contributed by atoms with Gasteiger partial charge in [0.25, 0.3) is 0 Å². The number of rotatable bonds is 9. The maximum absolute atomic E-state index is 12.8. The molecular formula is C24H27N5O5. The van der Waals surface area contributed by atoms with Crippen LogP contribution in [0.4, 0.5) is 5.82 Å². The number of nitrogen functional groups attached to an aromatic ring is 1. The van der Waals surface area contributed by atoms with E-state index in [1.54, 1.807) is 19.1 Å². The Balaban J connectivity index is 1.21. The lowest BCUT2D eigenvalue weighted by Crippen LogP contribution is -2.61. The number of carbonyl (C=O) groups excluding carboxylic acids is 3. The number of ether oxygens (including phenoxy) is 1. The van der Waals surface area contributed by atoms with Gasteiger partial charge >= 0.3 is 5.97 Å². The van der Waals surface area contributed by atoms with Gasteiger partial charge in [0.15, 0.2) is 11.4 Å². The van der Waals surface area contributed by atoms with Gasteiger partial charge < -0.3 is 25.2 Å². The van der Waals surface area contributed by atoms with E-state index in [2.05, 4.69) is 15.8 Å². The van der Waals surface area contributed by atoms with Crippen LogP contribution in [0.25, 0.3) is 11.0 Å². The summed E-state index contributed by atoms with van der Waals surface area (Å²) < 4.78 is 10.4. The van der Waals surface area contributed by atoms with Crippen molar-refractivity contribution in [2.24, 2.45) is 0 Å². The third-order valence-electron chi connectivity index (χ3n) is 5.80. The Morgan fingerprint density at radius 3 is 2.74 bits per heavy atom. The Bertz CT molecular complexity index is 1180. The number of carbonyl (C=O) groups is 3. The van der Waals surface area contributed by atoms with Crippen molar-refractivity contribution in [2.75, 3.05) is 18.8 Å². The van der Waals surface area contributed by atoms with Crippen LogP contribution in [0.15, 0.2) is 53.1 Å². The normalized spacial score (nSPS) is 16.0. The average molecular weight is 466 g/mol. The highest BCUT2D eigenvalue weighted by Gasteiger charge is 2.39. The van der Waals surface area contributed by atoms with Crippen LogP contribution in [0.2, 0.25) is 0 Å². The predicted octanol–water partition coefficient (Wildman–Crippen LogP) is 1.35. The third-order valence-corrected chi connectivity index (χ3v) is 5.80. The molecule has 2 aromatic carbocycles. The van der Waals surface area contributed by atoms with Crippen LogP contribution in [0, 0.1) is 0 Å². The van der Waals surface area contributed by atoms with Crippen molar-refractivity contribution < 1.29 is 23.6 Å². The molecule has 0 aliphatic carbocycles. The molecule has 1 aliphatic heterocycles. The minimum atomic E-state index is -0.626. The van der Waals surface area contributed by atoms with Gasteiger partial charge in [-0.05, 0) is 36.6 Å². The Hall–Kier alpha value is -3.92. The van der Waals surface area contributed by atoms with Crippen molar-refractivity contribution in [3.8, 4) is 0 Å².